The van der Waals surface area contributed by atoms with Crippen molar-refractivity contribution in [3.63, 3.8) is 0 Å². The van der Waals surface area contributed by atoms with Gasteiger partial charge in [-0.15, -0.1) is 0 Å². The van der Waals surface area contributed by atoms with Crippen LogP contribution in [0.1, 0.15) is 19.3 Å². The molecule has 1 aliphatic rings. The quantitative estimate of drug-likeness (QED) is 0.925. The highest BCUT2D eigenvalue weighted by atomic mass is 35.5. The van der Waals surface area contributed by atoms with E-state index in [4.69, 9.17) is 11.6 Å². The molecule has 18 heavy (non-hydrogen) atoms. The number of hydrogen-bond acceptors (Lipinski definition) is 3. The highest BCUT2D eigenvalue weighted by molar-refractivity contribution is 7.91. The summed E-state index contributed by atoms with van der Waals surface area (Å²) in [6, 6.07) is 6.50. The molecule has 3 nitrogen and oxygen atoms in total. The normalized spacial score (nSPS) is 20.8. The van der Waals surface area contributed by atoms with Gasteiger partial charge in [0.2, 0.25) is 0 Å². The molecule has 1 fully saturated rings. The fraction of sp³-hybridized carbons (Fsp3) is 0.538. The summed E-state index contributed by atoms with van der Waals surface area (Å²) in [6.07, 6.45) is 2.99. The van der Waals surface area contributed by atoms with E-state index < -0.39 is 9.84 Å². The van der Waals surface area contributed by atoms with Crippen LogP contribution in [0, 0.1) is 5.92 Å². The van der Waals surface area contributed by atoms with Crippen molar-refractivity contribution in [3.05, 3.63) is 29.3 Å². The van der Waals surface area contributed by atoms with E-state index in [0.717, 1.165) is 32.4 Å². The predicted octanol–water partition coefficient (Wildman–Crippen LogP) is 2.50. The lowest BCUT2D eigenvalue weighted by Crippen LogP contribution is -2.30. The van der Waals surface area contributed by atoms with E-state index in [1.807, 2.05) is 0 Å². The van der Waals surface area contributed by atoms with E-state index in [1.165, 1.54) is 6.07 Å². The van der Waals surface area contributed by atoms with Crippen LogP contribution < -0.4 is 5.32 Å². The Morgan fingerprint density at radius 2 is 2.22 bits per heavy atom. The van der Waals surface area contributed by atoms with Gasteiger partial charge in [0.05, 0.1) is 10.6 Å². The average Bonchev–Trinajstić information content (AvgIpc) is 2.38. The molecule has 5 heteroatoms. The Morgan fingerprint density at radius 3 is 2.89 bits per heavy atom. The van der Waals surface area contributed by atoms with Crippen molar-refractivity contribution in [2.24, 2.45) is 5.92 Å². The zero-order valence-electron chi connectivity index (χ0n) is 10.2. The Labute approximate surface area is 113 Å². The van der Waals surface area contributed by atoms with Crippen LogP contribution in [0.15, 0.2) is 29.2 Å². The standard InChI is InChI=1S/C13H18ClNO2S/c14-12-4-1-5-13(9-12)18(16,17)8-6-11-3-2-7-15-10-11/h1,4-5,9,11,15H,2-3,6-8,10H2. The summed E-state index contributed by atoms with van der Waals surface area (Å²) in [4.78, 5) is 0.332. The summed E-state index contributed by atoms with van der Waals surface area (Å²) >= 11 is 5.83. The average molecular weight is 288 g/mol. The van der Waals surface area contributed by atoms with Crippen LogP contribution in [0.5, 0.6) is 0 Å². The van der Waals surface area contributed by atoms with E-state index in [1.54, 1.807) is 18.2 Å². The molecule has 1 aromatic carbocycles. The summed E-state index contributed by atoms with van der Waals surface area (Å²) in [5.74, 6) is 0.687. The van der Waals surface area contributed by atoms with Crippen LogP contribution in [0.3, 0.4) is 0 Å². The number of sulfone groups is 1. The minimum absolute atomic E-state index is 0.208. The van der Waals surface area contributed by atoms with Gasteiger partial charge < -0.3 is 5.32 Å². The first-order valence-corrected chi connectivity index (χ1v) is 8.30. The van der Waals surface area contributed by atoms with Crippen molar-refractivity contribution in [2.45, 2.75) is 24.2 Å². The number of piperidine rings is 1. The summed E-state index contributed by atoms with van der Waals surface area (Å²) in [5, 5.41) is 3.77. The molecule has 0 saturated carbocycles. The molecule has 0 bridgehead atoms. The number of halogens is 1. The van der Waals surface area contributed by atoms with Gasteiger partial charge in [-0.05, 0) is 56.5 Å². The van der Waals surface area contributed by atoms with Gasteiger partial charge in [-0.3, -0.25) is 0 Å². The third-order valence-corrected chi connectivity index (χ3v) is 5.33. The smallest absolute Gasteiger partial charge is 0.178 e. The second kappa shape index (κ2) is 6.04. The molecule has 1 aromatic rings. The van der Waals surface area contributed by atoms with Crippen molar-refractivity contribution in [2.75, 3.05) is 18.8 Å². The highest BCUT2D eigenvalue weighted by Crippen LogP contribution is 2.20. The molecule has 1 saturated heterocycles. The summed E-state index contributed by atoms with van der Waals surface area (Å²) in [7, 11) is -3.19. The zero-order valence-corrected chi connectivity index (χ0v) is 11.8. The van der Waals surface area contributed by atoms with Gasteiger partial charge in [0, 0.05) is 5.02 Å². The minimum Gasteiger partial charge on any atom is -0.316 e. The fourth-order valence-corrected chi connectivity index (χ4v) is 4.00. The van der Waals surface area contributed by atoms with E-state index in [9.17, 15) is 8.42 Å². The molecule has 0 amide bonds. The van der Waals surface area contributed by atoms with Crippen LogP contribution in [-0.2, 0) is 9.84 Å². The molecule has 0 radical (unpaired) electrons. The zero-order chi connectivity index (χ0) is 13.0. The van der Waals surface area contributed by atoms with Crippen LogP contribution in [0.25, 0.3) is 0 Å². The number of rotatable bonds is 4. The van der Waals surface area contributed by atoms with Crippen LogP contribution in [0.4, 0.5) is 0 Å². The first kappa shape index (κ1) is 13.8. The number of nitrogens with one attached hydrogen (secondary N) is 1. The Balaban J connectivity index is 1.98. The maximum atomic E-state index is 12.1. The summed E-state index contributed by atoms with van der Waals surface area (Å²) in [6.45, 7) is 1.99. The predicted molar refractivity (Wildman–Crippen MR) is 73.7 cm³/mol. The Morgan fingerprint density at radius 1 is 1.39 bits per heavy atom. The lowest BCUT2D eigenvalue weighted by Gasteiger charge is -2.22. The van der Waals surface area contributed by atoms with E-state index >= 15 is 0 Å². The third-order valence-electron chi connectivity index (χ3n) is 3.35. The molecular weight excluding hydrogens is 270 g/mol. The van der Waals surface area contributed by atoms with Crippen molar-refractivity contribution in [1.82, 2.24) is 5.32 Å². The second-order valence-electron chi connectivity index (χ2n) is 4.78. The van der Waals surface area contributed by atoms with Crippen molar-refractivity contribution >= 4 is 21.4 Å². The molecule has 100 valence electrons. The minimum atomic E-state index is -3.19. The van der Waals surface area contributed by atoms with Gasteiger partial charge in [0.1, 0.15) is 0 Å². The lowest BCUT2D eigenvalue weighted by atomic mass is 9.97. The Kier molecular flexibility index (Phi) is 4.65. The van der Waals surface area contributed by atoms with Gasteiger partial charge in [-0.1, -0.05) is 17.7 Å². The molecule has 1 atom stereocenters. The molecule has 1 heterocycles. The van der Waals surface area contributed by atoms with Crippen LogP contribution in [0.2, 0.25) is 5.02 Å². The van der Waals surface area contributed by atoms with E-state index in [0.29, 0.717) is 15.8 Å². The molecule has 0 aromatic heterocycles. The number of benzene rings is 1. The Hall–Kier alpha value is -0.580. The van der Waals surface area contributed by atoms with E-state index in [2.05, 4.69) is 5.32 Å². The van der Waals surface area contributed by atoms with Gasteiger partial charge in [-0.25, -0.2) is 8.42 Å². The van der Waals surface area contributed by atoms with Gasteiger partial charge in [0.15, 0.2) is 9.84 Å². The molecule has 1 unspecified atom stereocenters. The first-order valence-electron chi connectivity index (χ1n) is 6.27. The van der Waals surface area contributed by atoms with Crippen LogP contribution >= 0.6 is 11.6 Å². The van der Waals surface area contributed by atoms with Gasteiger partial charge >= 0.3 is 0 Å². The molecule has 1 N–H and O–H groups in total. The highest BCUT2D eigenvalue weighted by Gasteiger charge is 2.19. The molecule has 1 aliphatic heterocycles. The maximum absolute atomic E-state index is 12.1. The molecule has 0 spiro atoms. The number of hydrogen-bond donors (Lipinski definition) is 1. The largest absolute Gasteiger partial charge is 0.316 e. The van der Waals surface area contributed by atoms with Crippen molar-refractivity contribution in [1.29, 1.82) is 0 Å². The van der Waals surface area contributed by atoms with Gasteiger partial charge in [-0.2, -0.15) is 0 Å². The Bertz CT molecular complexity index is 495. The lowest BCUT2D eigenvalue weighted by molar-refractivity contribution is 0.369. The van der Waals surface area contributed by atoms with Crippen molar-refractivity contribution in [3.8, 4) is 0 Å². The third kappa shape index (κ3) is 3.70. The maximum Gasteiger partial charge on any atom is 0.178 e. The molecule has 2 rings (SSSR count). The topological polar surface area (TPSA) is 46.2 Å². The van der Waals surface area contributed by atoms with Gasteiger partial charge in [0.25, 0.3) is 0 Å². The first-order chi connectivity index (χ1) is 8.58. The van der Waals surface area contributed by atoms with Crippen LogP contribution in [-0.4, -0.2) is 27.3 Å². The van der Waals surface area contributed by atoms with E-state index in [-0.39, 0.29) is 5.75 Å². The fourth-order valence-electron chi connectivity index (χ4n) is 2.27. The SMILES string of the molecule is O=S(=O)(CCC1CCCNC1)c1cccc(Cl)c1. The monoisotopic (exact) mass is 287 g/mol. The molecule has 0 aliphatic carbocycles. The summed E-state index contributed by atoms with van der Waals surface area (Å²) in [5.41, 5.74) is 0. The molecular formula is C13H18ClNO2S. The summed E-state index contributed by atoms with van der Waals surface area (Å²) < 4.78 is 24.3. The van der Waals surface area contributed by atoms with Crippen molar-refractivity contribution < 1.29 is 8.42 Å². The second-order valence-corrected chi connectivity index (χ2v) is 7.32.